The van der Waals surface area contributed by atoms with Gasteiger partial charge >= 0.3 is 0 Å². The number of nitrogens with zero attached hydrogens (tertiary/aromatic N) is 3. The highest BCUT2D eigenvalue weighted by atomic mass is 32.1. The highest BCUT2D eigenvalue weighted by molar-refractivity contribution is 7.15. The first-order valence-electron chi connectivity index (χ1n) is 7.74. The number of nitrogens with one attached hydrogen (secondary N) is 1. The fraction of sp³-hybridized carbons (Fsp3) is 0.600. The molecular weight excluding hydrogens is 300 g/mol. The van der Waals surface area contributed by atoms with Crippen molar-refractivity contribution in [1.29, 1.82) is 0 Å². The second-order valence-electron chi connectivity index (χ2n) is 6.05. The smallest absolute Gasteiger partial charge is 0.279 e. The van der Waals surface area contributed by atoms with Crippen LogP contribution in [-0.2, 0) is 19.3 Å². The van der Waals surface area contributed by atoms with Gasteiger partial charge in [-0.2, -0.15) is 0 Å². The maximum atomic E-state index is 12.4. The Bertz CT molecular complexity index is 662. The Morgan fingerprint density at radius 1 is 1.27 bits per heavy atom. The summed E-state index contributed by atoms with van der Waals surface area (Å²) in [5.41, 5.74) is 1.36. The summed E-state index contributed by atoms with van der Waals surface area (Å²) in [6.45, 7) is 4.26. The van der Waals surface area contributed by atoms with E-state index in [9.17, 15) is 4.79 Å². The van der Waals surface area contributed by atoms with E-state index in [0.717, 1.165) is 48.4 Å². The number of carbonyl (C=O) groups excluding carboxylic acids is 1. The van der Waals surface area contributed by atoms with Crippen LogP contribution in [0.3, 0.4) is 0 Å². The number of aromatic nitrogens is 3. The Morgan fingerprint density at radius 2 is 2.09 bits per heavy atom. The zero-order valence-electron chi connectivity index (χ0n) is 12.9. The number of anilines is 1. The summed E-state index contributed by atoms with van der Waals surface area (Å²) < 4.78 is 5.34. The van der Waals surface area contributed by atoms with Crippen LogP contribution in [0.15, 0.2) is 4.52 Å². The van der Waals surface area contributed by atoms with Crippen LogP contribution >= 0.6 is 11.3 Å². The number of hydrogen-bond acceptors (Lipinski definition) is 6. The predicted octanol–water partition coefficient (Wildman–Crippen LogP) is 3.25. The molecule has 0 unspecified atom stereocenters. The Kier molecular flexibility index (Phi) is 4.52. The minimum atomic E-state index is -0.251. The van der Waals surface area contributed by atoms with Gasteiger partial charge in [-0.15, -0.1) is 10.2 Å². The molecule has 1 aliphatic rings. The molecule has 22 heavy (non-hydrogen) atoms. The van der Waals surface area contributed by atoms with Crippen molar-refractivity contribution in [1.82, 2.24) is 15.4 Å². The van der Waals surface area contributed by atoms with Crippen LogP contribution in [0.25, 0.3) is 0 Å². The topological polar surface area (TPSA) is 80.9 Å². The number of aryl methyl sites for hydroxylation is 1. The van der Waals surface area contributed by atoms with E-state index in [2.05, 4.69) is 34.5 Å². The number of rotatable bonds is 4. The standard InChI is InChI=1S/C15H20N4O2S/c1-9(2)8-12-17-18-15(22-12)16-14(20)13-10-6-4-3-5-7-11(10)21-19-13/h9H,3-8H2,1-2H3,(H,16,18,20). The van der Waals surface area contributed by atoms with Gasteiger partial charge in [-0.1, -0.05) is 36.8 Å². The van der Waals surface area contributed by atoms with Gasteiger partial charge < -0.3 is 4.52 Å². The first-order chi connectivity index (χ1) is 10.6. The van der Waals surface area contributed by atoms with Crippen molar-refractivity contribution < 1.29 is 9.32 Å². The summed E-state index contributed by atoms with van der Waals surface area (Å²) in [5, 5.41) is 16.3. The van der Waals surface area contributed by atoms with Gasteiger partial charge in [0, 0.05) is 18.4 Å². The van der Waals surface area contributed by atoms with E-state index < -0.39 is 0 Å². The molecule has 0 saturated carbocycles. The quantitative estimate of drug-likeness (QED) is 0.875. The molecule has 6 nitrogen and oxygen atoms in total. The zero-order valence-corrected chi connectivity index (χ0v) is 13.7. The van der Waals surface area contributed by atoms with E-state index >= 15 is 0 Å². The molecule has 1 aliphatic carbocycles. The molecule has 0 radical (unpaired) electrons. The van der Waals surface area contributed by atoms with Crippen molar-refractivity contribution in [2.45, 2.75) is 52.4 Å². The molecular formula is C15H20N4O2S. The Morgan fingerprint density at radius 3 is 2.91 bits per heavy atom. The molecule has 0 aliphatic heterocycles. The average Bonchev–Trinajstić information content (AvgIpc) is 2.99. The monoisotopic (exact) mass is 320 g/mol. The van der Waals surface area contributed by atoms with Crippen LogP contribution in [0.4, 0.5) is 5.13 Å². The molecule has 0 saturated heterocycles. The molecule has 0 atom stereocenters. The molecule has 2 aromatic rings. The summed E-state index contributed by atoms with van der Waals surface area (Å²) in [5.74, 6) is 1.13. The molecule has 1 amide bonds. The number of fused-ring (bicyclic) bond motifs is 1. The Hall–Kier alpha value is -1.76. The maximum Gasteiger partial charge on any atom is 0.279 e. The lowest BCUT2D eigenvalue weighted by Crippen LogP contribution is -2.14. The number of carbonyl (C=O) groups is 1. The van der Waals surface area contributed by atoms with Gasteiger partial charge in [0.2, 0.25) is 5.13 Å². The maximum absolute atomic E-state index is 12.4. The molecule has 0 bridgehead atoms. The van der Waals surface area contributed by atoms with Crippen LogP contribution in [0.5, 0.6) is 0 Å². The lowest BCUT2D eigenvalue weighted by Gasteiger charge is -2.00. The third kappa shape index (κ3) is 3.35. The van der Waals surface area contributed by atoms with E-state index in [4.69, 9.17) is 4.52 Å². The van der Waals surface area contributed by atoms with Gasteiger partial charge in [-0.3, -0.25) is 10.1 Å². The summed E-state index contributed by atoms with van der Waals surface area (Å²) in [6.07, 6.45) is 5.93. The van der Waals surface area contributed by atoms with Gasteiger partial charge in [-0.05, 0) is 25.2 Å². The molecule has 2 heterocycles. The van der Waals surface area contributed by atoms with Crippen LogP contribution in [-0.4, -0.2) is 21.3 Å². The predicted molar refractivity (Wildman–Crippen MR) is 84.2 cm³/mol. The minimum Gasteiger partial charge on any atom is -0.360 e. The van der Waals surface area contributed by atoms with Crippen LogP contribution in [0, 0.1) is 5.92 Å². The average molecular weight is 320 g/mol. The second-order valence-corrected chi connectivity index (χ2v) is 7.11. The van der Waals surface area contributed by atoms with Crippen molar-refractivity contribution >= 4 is 22.4 Å². The third-order valence-electron chi connectivity index (χ3n) is 3.69. The zero-order chi connectivity index (χ0) is 15.5. The molecule has 1 N–H and O–H groups in total. The molecule has 0 spiro atoms. The molecule has 0 fully saturated rings. The largest absolute Gasteiger partial charge is 0.360 e. The van der Waals surface area contributed by atoms with Crippen molar-refractivity contribution in [3.05, 3.63) is 22.0 Å². The van der Waals surface area contributed by atoms with E-state index in [0.29, 0.717) is 16.7 Å². The van der Waals surface area contributed by atoms with E-state index in [1.54, 1.807) is 0 Å². The first kappa shape index (κ1) is 15.1. The summed E-state index contributed by atoms with van der Waals surface area (Å²) in [7, 11) is 0. The molecule has 118 valence electrons. The Labute approximate surface area is 133 Å². The summed E-state index contributed by atoms with van der Waals surface area (Å²) in [6, 6.07) is 0. The summed E-state index contributed by atoms with van der Waals surface area (Å²) >= 11 is 1.42. The molecule has 2 aromatic heterocycles. The van der Waals surface area contributed by atoms with Gasteiger partial charge in [0.05, 0.1) is 0 Å². The lowest BCUT2D eigenvalue weighted by atomic mass is 10.1. The Balaban J connectivity index is 1.72. The second kappa shape index (κ2) is 6.56. The van der Waals surface area contributed by atoms with Gasteiger partial charge in [0.1, 0.15) is 10.8 Å². The van der Waals surface area contributed by atoms with Gasteiger partial charge in [0.15, 0.2) is 5.69 Å². The minimum absolute atomic E-state index is 0.251. The van der Waals surface area contributed by atoms with Gasteiger partial charge in [-0.25, -0.2) is 0 Å². The number of amides is 1. The SMILES string of the molecule is CC(C)Cc1nnc(NC(=O)c2noc3c2CCCCC3)s1. The number of hydrogen-bond donors (Lipinski definition) is 1. The first-order valence-corrected chi connectivity index (χ1v) is 8.56. The molecule has 3 rings (SSSR count). The van der Waals surface area contributed by atoms with Crippen molar-refractivity contribution in [2.24, 2.45) is 5.92 Å². The van der Waals surface area contributed by atoms with E-state index in [1.807, 2.05) is 0 Å². The van der Waals surface area contributed by atoms with Crippen LogP contribution in [0.1, 0.15) is 59.9 Å². The van der Waals surface area contributed by atoms with E-state index in [1.165, 1.54) is 17.8 Å². The van der Waals surface area contributed by atoms with Crippen molar-refractivity contribution in [3.63, 3.8) is 0 Å². The lowest BCUT2D eigenvalue weighted by molar-refractivity contribution is 0.101. The van der Waals surface area contributed by atoms with Gasteiger partial charge in [0.25, 0.3) is 5.91 Å². The van der Waals surface area contributed by atoms with E-state index in [-0.39, 0.29) is 5.91 Å². The fourth-order valence-corrected chi connectivity index (χ4v) is 3.58. The van der Waals surface area contributed by atoms with Crippen molar-refractivity contribution in [3.8, 4) is 0 Å². The highest BCUT2D eigenvalue weighted by Gasteiger charge is 2.23. The summed E-state index contributed by atoms with van der Waals surface area (Å²) in [4.78, 5) is 12.4. The molecule has 7 heteroatoms. The third-order valence-corrected chi connectivity index (χ3v) is 4.55. The fourth-order valence-electron chi connectivity index (χ4n) is 2.63. The molecule has 0 aromatic carbocycles. The highest BCUT2D eigenvalue weighted by Crippen LogP contribution is 2.25. The van der Waals surface area contributed by atoms with Crippen LogP contribution < -0.4 is 5.32 Å². The normalized spacial score (nSPS) is 14.7. The van der Waals surface area contributed by atoms with Crippen molar-refractivity contribution in [2.75, 3.05) is 5.32 Å². The van der Waals surface area contributed by atoms with Crippen LogP contribution in [0.2, 0.25) is 0 Å².